The van der Waals surface area contributed by atoms with Crippen LogP contribution in [0.15, 0.2) is 55.1 Å². The zero-order valence-corrected chi connectivity index (χ0v) is 15.7. The molecule has 0 amide bonds. The third-order valence-corrected chi connectivity index (χ3v) is 4.46. The molecule has 0 radical (unpaired) electrons. The fourth-order valence-electron chi connectivity index (χ4n) is 2.80. The van der Waals surface area contributed by atoms with Crippen molar-refractivity contribution in [3.63, 3.8) is 0 Å². The first-order valence-electron chi connectivity index (χ1n) is 9.52. The molecule has 0 saturated heterocycles. The summed E-state index contributed by atoms with van der Waals surface area (Å²) in [7, 11) is 0. The van der Waals surface area contributed by atoms with E-state index < -0.39 is 0 Å². The lowest BCUT2D eigenvalue weighted by Gasteiger charge is -2.24. The highest BCUT2D eigenvalue weighted by Crippen LogP contribution is 2.18. The first-order valence-corrected chi connectivity index (χ1v) is 9.52. The Bertz CT molecular complexity index is 641. The van der Waals surface area contributed by atoms with Gasteiger partial charge in [0.15, 0.2) is 0 Å². The number of nitrogens with zero attached hydrogens (tertiary/aromatic N) is 1. The molecule has 0 saturated carbocycles. The van der Waals surface area contributed by atoms with E-state index in [9.17, 15) is 0 Å². The summed E-state index contributed by atoms with van der Waals surface area (Å²) in [6.07, 6.45) is 11.2. The molecule has 132 valence electrons. The molecule has 0 aliphatic heterocycles. The molecular weight excluding hydrogens is 302 g/mol. The van der Waals surface area contributed by atoms with Crippen LogP contribution in [0.3, 0.4) is 0 Å². The molecule has 0 bridgehead atoms. The molecule has 1 nitrogen and oxygen atoms in total. The zero-order valence-electron chi connectivity index (χ0n) is 15.7. The van der Waals surface area contributed by atoms with E-state index >= 15 is 0 Å². The molecule has 2 aromatic rings. The summed E-state index contributed by atoms with van der Waals surface area (Å²) < 4.78 is 0. The van der Waals surface area contributed by atoms with Gasteiger partial charge in [0, 0.05) is 18.8 Å². The lowest BCUT2D eigenvalue weighted by atomic mass is 10.1. The van der Waals surface area contributed by atoms with Crippen LogP contribution in [0, 0.1) is 0 Å². The minimum atomic E-state index is 1.15. The molecule has 0 heterocycles. The number of unbranched alkanes of at least 4 members (excludes halogenated alkanes) is 2. The average Bonchev–Trinajstić information content (AvgIpc) is 2.67. The fraction of sp³-hybridized carbons (Fsp3) is 0.333. The van der Waals surface area contributed by atoms with Crippen molar-refractivity contribution in [3.8, 4) is 0 Å². The van der Waals surface area contributed by atoms with Crippen LogP contribution in [0.25, 0.3) is 18.2 Å². The normalized spacial score (nSPS) is 11.0. The van der Waals surface area contributed by atoms with Crippen LogP contribution >= 0.6 is 0 Å². The van der Waals surface area contributed by atoms with E-state index in [0.29, 0.717) is 0 Å². The van der Waals surface area contributed by atoms with Crippen molar-refractivity contribution in [1.29, 1.82) is 0 Å². The molecule has 0 aliphatic carbocycles. The maximum Gasteiger partial charge on any atom is 0.0366 e. The van der Waals surface area contributed by atoms with Crippen molar-refractivity contribution < 1.29 is 0 Å². The minimum absolute atomic E-state index is 1.15. The lowest BCUT2D eigenvalue weighted by molar-refractivity contribution is 0.678. The Labute approximate surface area is 153 Å². The number of rotatable bonds is 10. The van der Waals surface area contributed by atoms with Gasteiger partial charge in [-0.3, -0.25) is 0 Å². The molecule has 2 rings (SSSR count). The zero-order chi connectivity index (χ0) is 17.9. The summed E-state index contributed by atoms with van der Waals surface area (Å²) in [5.41, 5.74) is 4.94. The van der Waals surface area contributed by atoms with E-state index in [1.165, 1.54) is 42.5 Å². The smallest absolute Gasteiger partial charge is 0.0366 e. The van der Waals surface area contributed by atoms with Gasteiger partial charge in [0.2, 0.25) is 0 Å². The summed E-state index contributed by atoms with van der Waals surface area (Å²) in [5, 5.41) is 0. The van der Waals surface area contributed by atoms with Crippen LogP contribution in [0.2, 0.25) is 0 Å². The first-order chi connectivity index (χ1) is 12.3. The molecule has 0 aliphatic rings. The largest absolute Gasteiger partial charge is 0.372 e. The molecule has 0 aromatic heterocycles. The Kier molecular flexibility index (Phi) is 8.04. The number of anilines is 1. The van der Waals surface area contributed by atoms with Crippen LogP contribution in [0.5, 0.6) is 0 Å². The number of hydrogen-bond donors (Lipinski definition) is 0. The standard InChI is InChI=1S/C24H31N/c1-4-7-19-25(20-8-5-2)24-17-15-23(16-18-24)14-13-22-11-9-21(6-3)10-12-22/h6,9-18H,3-5,7-8,19-20H2,1-2H3/b14-13+. The third kappa shape index (κ3) is 6.26. The Hall–Kier alpha value is -2.28. The number of benzene rings is 2. The van der Waals surface area contributed by atoms with Gasteiger partial charge in [-0.15, -0.1) is 0 Å². The Balaban J connectivity index is 2.03. The summed E-state index contributed by atoms with van der Waals surface area (Å²) in [6, 6.07) is 17.4. The molecule has 2 aromatic carbocycles. The van der Waals surface area contributed by atoms with E-state index in [4.69, 9.17) is 0 Å². The molecule has 25 heavy (non-hydrogen) atoms. The van der Waals surface area contributed by atoms with E-state index in [2.05, 4.69) is 86.0 Å². The van der Waals surface area contributed by atoms with Gasteiger partial charge < -0.3 is 4.90 Å². The predicted octanol–water partition coefficient (Wildman–Crippen LogP) is 6.91. The van der Waals surface area contributed by atoms with Crippen LogP contribution < -0.4 is 4.90 Å². The van der Waals surface area contributed by atoms with Gasteiger partial charge in [0.1, 0.15) is 0 Å². The van der Waals surface area contributed by atoms with E-state index in [1.54, 1.807) is 0 Å². The van der Waals surface area contributed by atoms with Crippen molar-refractivity contribution in [2.75, 3.05) is 18.0 Å². The molecule has 1 heteroatoms. The van der Waals surface area contributed by atoms with E-state index in [0.717, 1.165) is 18.7 Å². The van der Waals surface area contributed by atoms with Gasteiger partial charge in [-0.1, -0.05) is 87.9 Å². The summed E-state index contributed by atoms with van der Waals surface area (Å²) in [6.45, 7) is 10.6. The van der Waals surface area contributed by atoms with Gasteiger partial charge in [-0.2, -0.15) is 0 Å². The van der Waals surface area contributed by atoms with Crippen LogP contribution in [0.4, 0.5) is 5.69 Å². The molecule has 0 atom stereocenters. The second kappa shape index (κ2) is 10.6. The maximum absolute atomic E-state index is 3.79. The molecule has 0 N–H and O–H groups in total. The molecule has 0 spiro atoms. The summed E-state index contributed by atoms with van der Waals surface area (Å²) in [4.78, 5) is 2.52. The Morgan fingerprint density at radius 3 is 1.60 bits per heavy atom. The number of hydrogen-bond acceptors (Lipinski definition) is 1. The molecule has 0 fully saturated rings. The second-order valence-corrected chi connectivity index (χ2v) is 6.49. The molecule has 0 unspecified atom stereocenters. The van der Waals surface area contributed by atoms with Crippen molar-refractivity contribution in [1.82, 2.24) is 0 Å². The van der Waals surface area contributed by atoms with Crippen molar-refractivity contribution >= 4 is 23.9 Å². The lowest BCUT2D eigenvalue weighted by Crippen LogP contribution is -2.25. The highest BCUT2D eigenvalue weighted by atomic mass is 15.1. The van der Waals surface area contributed by atoms with Gasteiger partial charge in [-0.25, -0.2) is 0 Å². The van der Waals surface area contributed by atoms with Crippen molar-refractivity contribution in [2.24, 2.45) is 0 Å². The second-order valence-electron chi connectivity index (χ2n) is 6.49. The highest BCUT2D eigenvalue weighted by Gasteiger charge is 2.05. The molecular formula is C24H31N. The Morgan fingerprint density at radius 2 is 1.16 bits per heavy atom. The first kappa shape index (κ1) is 19.1. The van der Waals surface area contributed by atoms with E-state index in [1.807, 2.05) is 6.08 Å². The van der Waals surface area contributed by atoms with Gasteiger partial charge in [-0.05, 0) is 41.7 Å². The van der Waals surface area contributed by atoms with Crippen LogP contribution in [-0.4, -0.2) is 13.1 Å². The van der Waals surface area contributed by atoms with Crippen molar-refractivity contribution in [3.05, 3.63) is 71.8 Å². The van der Waals surface area contributed by atoms with Crippen LogP contribution in [0.1, 0.15) is 56.2 Å². The minimum Gasteiger partial charge on any atom is -0.372 e. The summed E-state index contributed by atoms with van der Waals surface area (Å²) >= 11 is 0. The highest BCUT2D eigenvalue weighted by molar-refractivity contribution is 5.71. The van der Waals surface area contributed by atoms with E-state index in [-0.39, 0.29) is 0 Å². The van der Waals surface area contributed by atoms with Gasteiger partial charge >= 0.3 is 0 Å². The fourth-order valence-corrected chi connectivity index (χ4v) is 2.80. The van der Waals surface area contributed by atoms with Crippen molar-refractivity contribution in [2.45, 2.75) is 39.5 Å². The monoisotopic (exact) mass is 333 g/mol. The maximum atomic E-state index is 3.79. The summed E-state index contributed by atoms with van der Waals surface area (Å²) in [5.74, 6) is 0. The SMILES string of the molecule is C=Cc1ccc(/C=C/c2ccc(N(CCCC)CCCC)cc2)cc1. The Morgan fingerprint density at radius 1 is 0.720 bits per heavy atom. The van der Waals surface area contributed by atoms with Gasteiger partial charge in [0.25, 0.3) is 0 Å². The quantitative estimate of drug-likeness (QED) is 0.427. The third-order valence-electron chi connectivity index (χ3n) is 4.46. The van der Waals surface area contributed by atoms with Crippen LogP contribution in [-0.2, 0) is 0 Å². The topological polar surface area (TPSA) is 3.24 Å². The predicted molar refractivity (Wildman–Crippen MR) is 114 cm³/mol. The average molecular weight is 334 g/mol. The van der Waals surface area contributed by atoms with Gasteiger partial charge in [0.05, 0.1) is 0 Å².